The number of fused-ring (bicyclic) bond motifs is 1. The minimum atomic E-state index is -0.411. The maximum atomic E-state index is 14.8. The first-order chi connectivity index (χ1) is 17.0. The van der Waals surface area contributed by atoms with Crippen molar-refractivity contribution in [2.45, 2.75) is 52.7 Å². The molecule has 0 saturated heterocycles. The molecule has 0 fully saturated rings. The summed E-state index contributed by atoms with van der Waals surface area (Å²) in [4.78, 5) is 13.1. The van der Waals surface area contributed by atoms with E-state index in [0.717, 1.165) is 49.3 Å². The van der Waals surface area contributed by atoms with Crippen molar-refractivity contribution in [3.8, 4) is 17.1 Å². The number of aryl methyl sites for hydroxylation is 3. The van der Waals surface area contributed by atoms with Crippen molar-refractivity contribution in [3.05, 3.63) is 76.7 Å². The number of hydrogen-bond acceptors (Lipinski definition) is 6. The number of halogens is 1. The van der Waals surface area contributed by atoms with Gasteiger partial charge in [-0.05, 0) is 57.0 Å². The third-order valence-corrected chi connectivity index (χ3v) is 6.26. The van der Waals surface area contributed by atoms with Crippen LogP contribution >= 0.6 is 0 Å². The average molecular weight is 476 g/mol. The van der Waals surface area contributed by atoms with Crippen molar-refractivity contribution in [1.82, 2.24) is 19.9 Å². The van der Waals surface area contributed by atoms with Gasteiger partial charge in [0.25, 0.3) is 5.91 Å². The fourth-order valence-electron chi connectivity index (χ4n) is 4.30. The van der Waals surface area contributed by atoms with E-state index in [0.29, 0.717) is 34.1 Å². The van der Waals surface area contributed by atoms with Gasteiger partial charge in [0.1, 0.15) is 29.8 Å². The maximum Gasteiger partial charge on any atom is 0.259 e. The number of nitrogens with zero attached hydrogens (tertiary/aromatic N) is 4. The van der Waals surface area contributed by atoms with E-state index in [2.05, 4.69) is 20.7 Å². The fourth-order valence-corrected chi connectivity index (χ4v) is 4.30. The Kier molecular flexibility index (Phi) is 6.31. The number of rotatable bonds is 6. The zero-order chi connectivity index (χ0) is 24.4. The van der Waals surface area contributed by atoms with E-state index in [9.17, 15) is 9.18 Å². The molecule has 9 heteroatoms. The summed E-state index contributed by atoms with van der Waals surface area (Å²) < 4.78 is 27.9. The molecule has 2 aromatic carbocycles. The Morgan fingerprint density at radius 3 is 2.83 bits per heavy atom. The van der Waals surface area contributed by atoms with E-state index >= 15 is 0 Å². The number of amides is 1. The first kappa shape index (κ1) is 22.8. The number of hydrogen-bond donors (Lipinski definition) is 1. The molecule has 3 heterocycles. The maximum absolute atomic E-state index is 14.8. The van der Waals surface area contributed by atoms with E-state index in [4.69, 9.17) is 9.26 Å². The van der Waals surface area contributed by atoms with Crippen molar-refractivity contribution >= 4 is 11.6 Å². The summed E-state index contributed by atoms with van der Waals surface area (Å²) in [6.45, 7) is 4.64. The van der Waals surface area contributed by atoms with Crippen molar-refractivity contribution in [2.75, 3.05) is 5.32 Å². The highest BCUT2D eigenvalue weighted by Gasteiger charge is 2.20. The number of ether oxygens (including phenoxy) is 1. The lowest BCUT2D eigenvalue weighted by Crippen LogP contribution is -2.14. The number of nitrogens with one attached hydrogen (secondary N) is 1. The van der Waals surface area contributed by atoms with Gasteiger partial charge in [0.05, 0.1) is 22.4 Å². The van der Waals surface area contributed by atoms with E-state index in [-0.39, 0.29) is 12.5 Å². The van der Waals surface area contributed by atoms with E-state index in [1.54, 1.807) is 30.3 Å². The quantitative estimate of drug-likeness (QED) is 0.409. The van der Waals surface area contributed by atoms with Gasteiger partial charge < -0.3 is 19.1 Å². The lowest BCUT2D eigenvalue weighted by molar-refractivity contribution is 0.102. The minimum absolute atomic E-state index is 0.226. The van der Waals surface area contributed by atoms with Crippen LogP contribution in [-0.4, -0.2) is 25.8 Å². The summed E-state index contributed by atoms with van der Waals surface area (Å²) in [5.74, 6) is 1.68. The monoisotopic (exact) mass is 475 g/mol. The molecule has 2 aromatic heterocycles. The van der Waals surface area contributed by atoms with Gasteiger partial charge >= 0.3 is 0 Å². The number of anilines is 1. The molecule has 1 aliphatic heterocycles. The molecule has 0 bridgehead atoms. The Hall–Kier alpha value is -4.01. The number of benzene rings is 2. The minimum Gasteiger partial charge on any atom is -0.488 e. The van der Waals surface area contributed by atoms with Crippen molar-refractivity contribution < 1.29 is 18.4 Å². The van der Waals surface area contributed by atoms with Crippen LogP contribution in [0.3, 0.4) is 0 Å². The van der Waals surface area contributed by atoms with Gasteiger partial charge in [-0.15, -0.1) is 10.2 Å². The summed E-state index contributed by atoms with van der Waals surface area (Å²) in [5.41, 5.74) is 2.72. The Bertz CT molecular complexity index is 1360. The second-order valence-corrected chi connectivity index (χ2v) is 8.64. The standard InChI is InChI=1S/C26H26FN5O3/c1-16-21(17(2)35-31-16)15-34-23-9-6-5-8-19(23)26(33)28-18-11-12-22(27)20(14-18)25-30-29-24-10-4-3-7-13-32(24)25/h5-6,8-9,11-12,14H,3-4,7,10,13,15H2,1-2H3,(H,28,33). The van der Waals surface area contributed by atoms with Gasteiger partial charge in [-0.25, -0.2) is 4.39 Å². The summed E-state index contributed by atoms with van der Waals surface area (Å²) in [5, 5.41) is 15.3. The molecule has 1 aliphatic rings. The molecule has 4 aromatic rings. The largest absolute Gasteiger partial charge is 0.488 e. The van der Waals surface area contributed by atoms with Crippen LogP contribution in [0.5, 0.6) is 5.75 Å². The lowest BCUT2D eigenvalue weighted by Gasteiger charge is -2.13. The summed E-state index contributed by atoms with van der Waals surface area (Å²) in [6, 6.07) is 11.4. The first-order valence-corrected chi connectivity index (χ1v) is 11.7. The van der Waals surface area contributed by atoms with Crippen LogP contribution in [0.4, 0.5) is 10.1 Å². The predicted molar refractivity (Wildman–Crippen MR) is 128 cm³/mol. The Morgan fingerprint density at radius 2 is 2.00 bits per heavy atom. The van der Waals surface area contributed by atoms with Crippen LogP contribution < -0.4 is 10.1 Å². The molecule has 8 nitrogen and oxygen atoms in total. The van der Waals surface area contributed by atoms with Gasteiger partial charge in [-0.2, -0.15) is 0 Å². The SMILES string of the molecule is Cc1noc(C)c1COc1ccccc1C(=O)Nc1ccc(F)c(-c2nnc3n2CCCCC3)c1. The highest BCUT2D eigenvalue weighted by Crippen LogP contribution is 2.28. The Morgan fingerprint density at radius 1 is 1.14 bits per heavy atom. The zero-order valence-electron chi connectivity index (χ0n) is 19.7. The molecule has 1 amide bonds. The van der Waals surface area contributed by atoms with Crippen LogP contribution in [0, 0.1) is 19.7 Å². The molecular formula is C26H26FN5O3. The molecule has 0 radical (unpaired) electrons. The van der Waals surface area contributed by atoms with Crippen LogP contribution in [0.25, 0.3) is 11.4 Å². The summed E-state index contributed by atoms with van der Waals surface area (Å²) >= 11 is 0. The summed E-state index contributed by atoms with van der Waals surface area (Å²) in [6.07, 6.45) is 3.99. The molecular weight excluding hydrogens is 449 g/mol. The normalized spacial score (nSPS) is 13.2. The molecule has 0 aliphatic carbocycles. The van der Waals surface area contributed by atoms with E-state index in [1.165, 1.54) is 12.1 Å². The third kappa shape index (κ3) is 4.66. The van der Waals surface area contributed by atoms with Crippen LogP contribution in [0.1, 0.15) is 52.5 Å². The molecule has 0 unspecified atom stereocenters. The number of para-hydroxylation sites is 1. The Labute approximate surface area is 202 Å². The predicted octanol–water partition coefficient (Wildman–Crippen LogP) is 5.25. The first-order valence-electron chi connectivity index (χ1n) is 11.7. The molecule has 5 rings (SSSR count). The molecule has 0 saturated carbocycles. The molecule has 0 spiro atoms. The highest BCUT2D eigenvalue weighted by atomic mass is 19.1. The van der Waals surface area contributed by atoms with Crippen molar-refractivity contribution in [2.24, 2.45) is 0 Å². The van der Waals surface area contributed by atoms with Crippen LogP contribution in [-0.2, 0) is 19.6 Å². The molecule has 1 N–H and O–H groups in total. The van der Waals surface area contributed by atoms with Crippen molar-refractivity contribution in [3.63, 3.8) is 0 Å². The van der Waals surface area contributed by atoms with Gasteiger partial charge in [0, 0.05) is 18.7 Å². The Balaban J connectivity index is 1.37. The van der Waals surface area contributed by atoms with Crippen LogP contribution in [0.15, 0.2) is 47.0 Å². The topological polar surface area (TPSA) is 95.1 Å². The van der Waals surface area contributed by atoms with Crippen molar-refractivity contribution in [1.29, 1.82) is 0 Å². The van der Waals surface area contributed by atoms with Gasteiger partial charge in [-0.3, -0.25) is 4.79 Å². The highest BCUT2D eigenvalue weighted by molar-refractivity contribution is 6.06. The van der Waals surface area contributed by atoms with Gasteiger partial charge in [-0.1, -0.05) is 23.7 Å². The number of carbonyl (C=O) groups excluding carboxylic acids is 1. The molecule has 180 valence electrons. The third-order valence-electron chi connectivity index (χ3n) is 6.26. The smallest absolute Gasteiger partial charge is 0.259 e. The zero-order valence-corrected chi connectivity index (χ0v) is 19.7. The average Bonchev–Trinajstić information content (AvgIpc) is 3.31. The van der Waals surface area contributed by atoms with E-state index in [1.807, 2.05) is 18.4 Å². The second-order valence-electron chi connectivity index (χ2n) is 8.64. The van der Waals surface area contributed by atoms with Crippen LogP contribution in [0.2, 0.25) is 0 Å². The number of aromatic nitrogens is 4. The number of carbonyl (C=O) groups is 1. The lowest BCUT2D eigenvalue weighted by atomic mass is 10.1. The van der Waals surface area contributed by atoms with Gasteiger partial charge in [0.15, 0.2) is 5.82 Å². The molecule has 0 atom stereocenters. The fraction of sp³-hybridized carbons (Fsp3) is 0.308. The second kappa shape index (κ2) is 9.69. The van der Waals surface area contributed by atoms with Gasteiger partial charge in [0.2, 0.25) is 0 Å². The molecule has 35 heavy (non-hydrogen) atoms. The van der Waals surface area contributed by atoms with E-state index < -0.39 is 5.82 Å². The summed E-state index contributed by atoms with van der Waals surface area (Å²) in [7, 11) is 0.